The van der Waals surface area contributed by atoms with Crippen LogP contribution in [0.15, 0.2) is 0 Å². The summed E-state index contributed by atoms with van der Waals surface area (Å²) in [7, 11) is 0. The van der Waals surface area contributed by atoms with Crippen LogP contribution in [0, 0.1) is 11.8 Å². The zero-order chi connectivity index (χ0) is 10.8. The van der Waals surface area contributed by atoms with E-state index in [2.05, 4.69) is 10.2 Å². The lowest BCUT2D eigenvalue weighted by atomic mass is 9.95. The van der Waals surface area contributed by atoms with E-state index in [9.17, 15) is 0 Å². The van der Waals surface area contributed by atoms with Crippen molar-refractivity contribution in [1.29, 1.82) is 0 Å². The van der Waals surface area contributed by atoms with Crippen LogP contribution in [0.5, 0.6) is 0 Å². The highest BCUT2D eigenvalue weighted by Gasteiger charge is 2.38. The first-order valence-electron chi connectivity index (χ1n) is 7.37. The van der Waals surface area contributed by atoms with Crippen molar-refractivity contribution >= 4 is 0 Å². The molecule has 3 aliphatic rings. The number of nitrogens with one attached hydrogen (secondary N) is 1. The van der Waals surface area contributed by atoms with Crippen LogP contribution in [0.3, 0.4) is 0 Å². The van der Waals surface area contributed by atoms with E-state index in [4.69, 9.17) is 0 Å². The maximum Gasteiger partial charge on any atom is 0.0107 e. The third kappa shape index (κ3) is 2.43. The van der Waals surface area contributed by atoms with Gasteiger partial charge in [0.25, 0.3) is 0 Å². The third-order valence-electron chi connectivity index (χ3n) is 5.02. The van der Waals surface area contributed by atoms with E-state index in [1.165, 1.54) is 71.1 Å². The van der Waals surface area contributed by atoms with E-state index in [0.29, 0.717) is 0 Å². The molecule has 1 heterocycles. The van der Waals surface area contributed by atoms with Crippen molar-refractivity contribution in [3.63, 3.8) is 0 Å². The molecule has 0 unspecified atom stereocenters. The minimum absolute atomic E-state index is 0.878. The molecule has 2 saturated carbocycles. The minimum atomic E-state index is 0.878. The summed E-state index contributed by atoms with van der Waals surface area (Å²) in [6, 6.07) is 0.878. The molecule has 3 atom stereocenters. The molecule has 0 aromatic heterocycles. The van der Waals surface area contributed by atoms with Crippen molar-refractivity contribution in [2.24, 2.45) is 11.8 Å². The van der Waals surface area contributed by atoms with E-state index >= 15 is 0 Å². The predicted molar refractivity (Wildman–Crippen MR) is 67.5 cm³/mol. The lowest BCUT2D eigenvalue weighted by Gasteiger charge is -2.28. The number of rotatable bonds is 4. The molecule has 2 heteroatoms. The molecule has 1 saturated heterocycles. The lowest BCUT2D eigenvalue weighted by Crippen LogP contribution is -2.41. The zero-order valence-corrected chi connectivity index (χ0v) is 10.5. The van der Waals surface area contributed by atoms with E-state index in [1.54, 1.807) is 0 Å². The van der Waals surface area contributed by atoms with Gasteiger partial charge in [0.1, 0.15) is 0 Å². The average molecular weight is 222 g/mol. The molecule has 0 amide bonds. The Bertz CT molecular complexity index is 223. The molecule has 0 aromatic rings. The lowest BCUT2D eigenvalue weighted by molar-refractivity contribution is 0.221. The van der Waals surface area contributed by atoms with Gasteiger partial charge in [-0.1, -0.05) is 12.8 Å². The van der Waals surface area contributed by atoms with Crippen molar-refractivity contribution < 1.29 is 0 Å². The second-order valence-corrected chi connectivity index (χ2v) is 6.14. The molecule has 2 nitrogen and oxygen atoms in total. The third-order valence-corrected chi connectivity index (χ3v) is 5.02. The normalized spacial score (nSPS) is 39.4. The van der Waals surface area contributed by atoms with Crippen LogP contribution in [0.25, 0.3) is 0 Å². The van der Waals surface area contributed by atoms with Crippen molar-refractivity contribution in [2.45, 2.75) is 51.0 Å². The maximum absolute atomic E-state index is 3.82. The summed E-state index contributed by atoms with van der Waals surface area (Å²) in [5, 5.41) is 3.82. The molecule has 3 fully saturated rings. The second-order valence-electron chi connectivity index (χ2n) is 6.14. The molecule has 0 aromatic carbocycles. The van der Waals surface area contributed by atoms with Gasteiger partial charge in [0.2, 0.25) is 0 Å². The molecule has 1 N–H and O–H groups in total. The fourth-order valence-corrected chi connectivity index (χ4v) is 4.09. The smallest absolute Gasteiger partial charge is 0.0107 e. The van der Waals surface area contributed by atoms with Crippen LogP contribution in [-0.2, 0) is 0 Å². The highest BCUT2D eigenvalue weighted by atomic mass is 15.1. The van der Waals surface area contributed by atoms with Gasteiger partial charge < -0.3 is 10.2 Å². The number of hydrogen-bond donors (Lipinski definition) is 1. The summed E-state index contributed by atoms with van der Waals surface area (Å²) in [6.45, 7) is 5.21. The Morgan fingerprint density at radius 3 is 2.56 bits per heavy atom. The van der Waals surface area contributed by atoms with Crippen LogP contribution >= 0.6 is 0 Å². The standard InChI is InChI=1S/C14H26N2/c1-2-7-16(8-3-1)9-6-15-14-11-12-4-5-13(14)10-12/h12-15H,1-11H2/t12-,13-,14-/m1/s1. The summed E-state index contributed by atoms with van der Waals surface area (Å²) in [4.78, 5) is 2.64. The van der Waals surface area contributed by atoms with Gasteiger partial charge in [0.05, 0.1) is 0 Å². The van der Waals surface area contributed by atoms with Crippen LogP contribution in [0.1, 0.15) is 44.9 Å². The van der Waals surface area contributed by atoms with Gasteiger partial charge in [-0.2, -0.15) is 0 Å². The van der Waals surface area contributed by atoms with Crippen LogP contribution in [0.2, 0.25) is 0 Å². The number of piperidine rings is 1. The average Bonchev–Trinajstić information content (AvgIpc) is 2.92. The Balaban J connectivity index is 1.34. The number of nitrogens with zero attached hydrogens (tertiary/aromatic N) is 1. The fraction of sp³-hybridized carbons (Fsp3) is 1.00. The summed E-state index contributed by atoms with van der Waals surface area (Å²) < 4.78 is 0. The quantitative estimate of drug-likeness (QED) is 0.785. The maximum atomic E-state index is 3.82. The van der Waals surface area contributed by atoms with Gasteiger partial charge in [-0.05, 0) is 57.0 Å². The summed E-state index contributed by atoms with van der Waals surface area (Å²) in [5.41, 5.74) is 0. The number of hydrogen-bond acceptors (Lipinski definition) is 2. The molecule has 2 bridgehead atoms. The Morgan fingerprint density at radius 2 is 1.88 bits per heavy atom. The first-order valence-corrected chi connectivity index (χ1v) is 7.37. The molecular weight excluding hydrogens is 196 g/mol. The highest BCUT2D eigenvalue weighted by Crippen LogP contribution is 2.44. The molecule has 3 rings (SSSR count). The Hall–Kier alpha value is -0.0800. The predicted octanol–water partition coefficient (Wildman–Crippen LogP) is 2.25. The van der Waals surface area contributed by atoms with E-state index in [-0.39, 0.29) is 0 Å². The molecule has 16 heavy (non-hydrogen) atoms. The monoisotopic (exact) mass is 222 g/mol. The summed E-state index contributed by atoms with van der Waals surface area (Å²) in [5.74, 6) is 2.11. The van der Waals surface area contributed by atoms with Gasteiger partial charge in [-0.3, -0.25) is 0 Å². The van der Waals surface area contributed by atoms with Gasteiger partial charge in [-0.15, -0.1) is 0 Å². The topological polar surface area (TPSA) is 15.3 Å². The SMILES string of the molecule is C1CCN(CCN[C@@H]2C[C@@H]3CC[C@@H]2C3)CC1. The van der Waals surface area contributed by atoms with Gasteiger partial charge >= 0.3 is 0 Å². The molecule has 0 spiro atoms. The van der Waals surface area contributed by atoms with Crippen molar-refractivity contribution in [3.8, 4) is 0 Å². The van der Waals surface area contributed by atoms with Crippen molar-refractivity contribution in [2.75, 3.05) is 26.2 Å². The van der Waals surface area contributed by atoms with Gasteiger partial charge in [-0.25, -0.2) is 0 Å². The Kier molecular flexibility index (Phi) is 3.49. The van der Waals surface area contributed by atoms with Gasteiger partial charge in [0, 0.05) is 19.1 Å². The van der Waals surface area contributed by atoms with Crippen LogP contribution in [-0.4, -0.2) is 37.1 Å². The van der Waals surface area contributed by atoms with Crippen LogP contribution < -0.4 is 5.32 Å². The molecule has 2 aliphatic carbocycles. The molecule has 0 radical (unpaired) electrons. The largest absolute Gasteiger partial charge is 0.312 e. The second kappa shape index (κ2) is 5.05. The van der Waals surface area contributed by atoms with E-state index in [1.807, 2.05) is 0 Å². The first kappa shape index (κ1) is 11.0. The molecule has 92 valence electrons. The summed E-state index contributed by atoms with van der Waals surface area (Å²) >= 11 is 0. The summed E-state index contributed by atoms with van der Waals surface area (Å²) in [6.07, 6.45) is 10.3. The Labute approximate surface area is 99.8 Å². The van der Waals surface area contributed by atoms with Crippen LogP contribution in [0.4, 0.5) is 0 Å². The first-order chi connectivity index (χ1) is 7.92. The molecule has 1 aliphatic heterocycles. The minimum Gasteiger partial charge on any atom is -0.312 e. The van der Waals surface area contributed by atoms with Crippen molar-refractivity contribution in [3.05, 3.63) is 0 Å². The molecular formula is C14H26N2. The van der Waals surface area contributed by atoms with E-state index < -0.39 is 0 Å². The zero-order valence-electron chi connectivity index (χ0n) is 10.5. The fourth-order valence-electron chi connectivity index (χ4n) is 4.09. The van der Waals surface area contributed by atoms with Crippen molar-refractivity contribution in [1.82, 2.24) is 10.2 Å². The Morgan fingerprint density at radius 1 is 1.00 bits per heavy atom. The number of fused-ring (bicyclic) bond motifs is 2. The number of likely N-dealkylation sites (tertiary alicyclic amines) is 1. The highest BCUT2D eigenvalue weighted by molar-refractivity contribution is 4.94. The van der Waals surface area contributed by atoms with Gasteiger partial charge in [0.15, 0.2) is 0 Å². The van der Waals surface area contributed by atoms with E-state index in [0.717, 1.165) is 17.9 Å².